The third-order valence-electron chi connectivity index (χ3n) is 3.32. The van der Waals surface area contributed by atoms with E-state index >= 15 is 0 Å². The predicted molar refractivity (Wildman–Crippen MR) is 83.3 cm³/mol. The number of hydrogen-bond acceptors (Lipinski definition) is 3. The van der Waals surface area contributed by atoms with Crippen molar-refractivity contribution in [3.8, 4) is 17.9 Å². The molecule has 0 amide bonds. The molecule has 3 heteroatoms. The fraction of sp³-hybridized carbons (Fsp3) is 0.500. The number of nitrogens with zero attached hydrogens (tertiary/aromatic N) is 1. The molecule has 21 heavy (non-hydrogen) atoms. The highest BCUT2D eigenvalue weighted by Gasteiger charge is 2.21. The predicted octanol–water partition coefficient (Wildman–Crippen LogP) is 3.32. The Morgan fingerprint density at radius 2 is 1.90 bits per heavy atom. The van der Waals surface area contributed by atoms with Gasteiger partial charge in [0.2, 0.25) is 0 Å². The van der Waals surface area contributed by atoms with Gasteiger partial charge in [-0.1, -0.05) is 50.7 Å². The molecule has 0 heterocycles. The van der Waals surface area contributed by atoms with E-state index in [1.165, 1.54) is 0 Å². The van der Waals surface area contributed by atoms with Gasteiger partial charge in [0, 0.05) is 5.56 Å². The van der Waals surface area contributed by atoms with Crippen LogP contribution in [0.2, 0.25) is 0 Å². The van der Waals surface area contributed by atoms with E-state index in [-0.39, 0.29) is 6.42 Å². The monoisotopic (exact) mass is 285 g/mol. The summed E-state index contributed by atoms with van der Waals surface area (Å²) in [4.78, 5) is 0. The van der Waals surface area contributed by atoms with Crippen LogP contribution in [0.5, 0.6) is 0 Å². The van der Waals surface area contributed by atoms with Gasteiger partial charge in [0.15, 0.2) is 0 Å². The lowest BCUT2D eigenvalue weighted by atomic mass is 9.93. The summed E-state index contributed by atoms with van der Waals surface area (Å²) < 4.78 is 0. The van der Waals surface area contributed by atoms with Gasteiger partial charge >= 0.3 is 0 Å². The number of rotatable bonds is 6. The summed E-state index contributed by atoms with van der Waals surface area (Å²) in [5.41, 5.74) is 0.484. The molecule has 0 aromatic heterocycles. The summed E-state index contributed by atoms with van der Waals surface area (Å²) in [7, 11) is 0. The molecule has 1 rings (SSSR count). The average Bonchev–Trinajstić information content (AvgIpc) is 2.46. The summed E-state index contributed by atoms with van der Waals surface area (Å²) in [6.07, 6.45) is 2.35. The molecule has 0 saturated heterocycles. The van der Waals surface area contributed by atoms with Crippen LogP contribution >= 0.6 is 0 Å². The van der Waals surface area contributed by atoms with Crippen molar-refractivity contribution >= 4 is 0 Å². The highest BCUT2D eigenvalue weighted by Crippen LogP contribution is 2.20. The third kappa shape index (κ3) is 5.60. The molecule has 1 aromatic rings. The summed E-state index contributed by atoms with van der Waals surface area (Å²) in [6.45, 7) is 4.06. The fourth-order valence-electron chi connectivity index (χ4n) is 2.29. The molecule has 0 saturated carbocycles. The quantitative estimate of drug-likeness (QED) is 0.788. The first-order valence-corrected chi connectivity index (χ1v) is 7.45. The Bertz CT molecular complexity index is 542. The van der Waals surface area contributed by atoms with Gasteiger partial charge in [0.1, 0.15) is 5.60 Å². The van der Waals surface area contributed by atoms with E-state index in [1.54, 1.807) is 18.2 Å². The Morgan fingerprint density at radius 1 is 1.24 bits per heavy atom. The maximum atomic E-state index is 10.5. The first-order valence-electron chi connectivity index (χ1n) is 7.45. The second-order valence-corrected chi connectivity index (χ2v) is 5.29. The zero-order valence-corrected chi connectivity index (χ0v) is 12.8. The molecule has 1 unspecified atom stereocenters. The van der Waals surface area contributed by atoms with Crippen LogP contribution in [0.3, 0.4) is 0 Å². The van der Waals surface area contributed by atoms with E-state index in [1.807, 2.05) is 26.0 Å². The summed E-state index contributed by atoms with van der Waals surface area (Å²) in [5, 5.41) is 28.9. The molecule has 0 aliphatic rings. The normalized spacial score (nSPS) is 12.1. The van der Waals surface area contributed by atoms with Gasteiger partial charge in [-0.3, -0.25) is 0 Å². The summed E-state index contributed by atoms with van der Waals surface area (Å²) in [5.74, 6) is 5.97. The van der Waals surface area contributed by atoms with Gasteiger partial charge in [0.25, 0.3) is 0 Å². The van der Waals surface area contributed by atoms with E-state index < -0.39 is 11.7 Å². The van der Waals surface area contributed by atoms with Crippen molar-refractivity contribution in [2.24, 2.45) is 0 Å². The molecule has 1 aromatic carbocycles. The Morgan fingerprint density at radius 3 is 2.48 bits per heavy atom. The van der Waals surface area contributed by atoms with Crippen LogP contribution in [-0.4, -0.2) is 15.8 Å². The number of benzene rings is 1. The minimum absolute atomic E-state index is 0.0620. The number of hydrogen-bond donors (Lipinski definition) is 2. The molecule has 1 atom stereocenters. The highest BCUT2D eigenvalue weighted by molar-refractivity contribution is 5.39. The standard InChI is InChI=1S/C18H23NO2/c1-3-10-18(21,11-4-2)12-8-15-6-5-7-16(14-15)17(20)9-13-19/h5-7,14,17,20-21H,3-4,9-11H2,1-2H3. The van der Waals surface area contributed by atoms with Crippen LogP contribution in [0.1, 0.15) is 63.2 Å². The van der Waals surface area contributed by atoms with Crippen LogP contribution in [-0.2, 0) is 0 Å². The minimum atomic E-state index is -0.940. The lowest BCUT2D eigenvalue weighted by Crippen LogP contribution is -2.25. The van der Waals surface area contributed by atoms with Gasteiger partial charge in [-0.05, 0) is 30.5 Å². The Balaban J connectivity index is 2.95. The van der Waals surface area contributed by atoms with Crippen LogP contribution in [0.15, 0.2) is 24.3 Å². The Hall–Kier alpha value is -1.81. The van der Waals surface area contributed by atoms with Gasteiger partial charge in [-0.25, -0.2) is 0 Å². The molecule has 0 radical (unpaired) electrons. The van der Waals surface area contributed by atoms with Gasteiger partial charge in [-0.2, -0.15) is 5.26 Å². The molecule has 0 bridgehead atoms. The smallest absolute Gasteiger partial charge is 0.125 e. The average molecular weight is 285 g/mol. The van der Waals surface area contributed by atoms with Crippen LogP contribution in [0, 0.1) is 23.2 Å². The van der Waals surface area contributed by atoms with Crippen molar-refractivity contribution in [1.29, 1.82) is 5.26 Å². The maximum Gasteiger partial charge on any atom is 0.125 e. The lowest BCUT2D eigenvalue weighted by Gasteiger charge is -2.20. The first kappa shape index (κ1) is 17.2. The number of nitriles is 1. The lowest BCUT2D eigenvalue weighted by molar-refractivity contribution is 0.0807. The fourth-order valence-corrected chi connectivity index (χ4v) is 2.29. The second kappa shape index (κ2) is 8.47. The molecular weight excluding hydrogens is 262 g/mol. The molecule has 3 nitrogen and oxygen atoms in total. The SMILES string of the molecule is CCCC(O)(C#Cc1cccc(C(O)CC#N)c1)CCC. The van der Waals surface area contributed by atoms with E-state index in [0.717, 1.165) is 18.4 Å². The second-order valence-electron chi connectivity index (χ2n) is 5.29. The first-order chi connectivity index (χ1) is 10.0. The summed E-state index contributed by atoms with van der Waals surface area (Å²) >= 11 is 0. The zero-order valence-electron chi connectivity index (χ0n) is 12.8. The van der Waals surface area contributed by atoms with Crippen LogP contribution < -0.4 is 0 Å². The number of aliphatic hydroxyl groups is 2. The van der Waals surface area contributed by atoms with Crippen molar-refractivity contribution < 1.29 is 10.2 Å². The maximum absolute atomic E-state index is 10.5. The van der Waals surface area contributed by atoms with E-state index in [9.17, 15) is 10.2 Å². The topological polar surface area (TPSA) is 64.2 Å². The molecule has 2 N–H and O–H groups in total. The highest BCUT2D eigenvalue weighted by atomic mass is 16.3. The molecule has 0 aliphatic carbocycles. The van der Waals surface area contributed by atoms with Crippen molar-refractivity contribution in [2.45, 2.75) is 57.7 Å². The third-order valence-corrected chi connectivity index (χ3v) is 3.32. The van der Waals surface area contributed by atoms with Gasteiger partial charge in [0.05, 0.1) is 18.6 Å². The molecule has 0 fully saturated rings. The van der Waals surface area contributed by atoms with Crippen molar-refractivity contribution in [3.63, 3.8) is 0 Å². The van der Waals surface area contributed by atoms with Crippen molar-refractivity contribution in [3.05, 3.63) is 35.4 Å². The zero-order chi connectivity index (χ0) is 15.7. The van der Waals surface area contributed by atoms with Crippen molar-refractivity contribution in [1.82, 2.24) is 0 Å². The minimum Gasteiger partial charge on any atom is -0.387 e. The van der Waals surface area contributed by atoms with E-state index in [4.69, 9.17) is 5.26 Å². The molecule has 112 valence electrons. The van der Waals surface area contributed by atoms with Gasteiger partial charge in [-0.15, -0.1) is 0 Å². The Kier molecular flexibility index (Phi) is 6.96. The van der Waals surface area contributed by atoms with Crippen molar-refractivity contribution in [2.75, 3.05) is 0 Å². The summed E-state index contributed by atoms with van der Waals surface area (Å²) in [6, 6.07) is 9.14. The molecular formula is C18H23NO2. The largest absolute Gasteiger partial charge is 0.387 e. The Labute approximate surface area is 127 Å². The molecule has 0 spiro atoms. The van der Waals surface area contributed by atoms with Gasteiger partial charge < -0.3 is 10.2 Å². The molecule has 0 aliphatic heterocycles. The van der Waals surface area contributed by atoms with E-state index in [2.05, 4.69) is 11.8 Å². The van der Waals surface area contributed by atoms with Crippen LogP contribution in [0.25, 0.3) is 0 Å². The van der Waals surface area contributed by atoms with E-state index in [0.29, 0.717) is 18.4 Å². The number of aliphatic hydroxyl groups excluding tert-OH is 1. The van der Waals surface area contributed by atoms with Crippen LogP contribution in [0.4, 0.5) is 0 Å².